The molecule has 112 valence electrons. The van der Waals surface area contributed by atoms with Crippen LogP contribution in [0.2, 0.25) is 0 Å². The van der Waals surface area contributed by atoms with E-state index < -0.39 is 28.0 Å². The zero-order valence-corrected chi connectivity index (χ0v) is 12.0. The molecular formula is C10H19NO7S. The molecule has 0 aromatic rings. The van der Waals surface area contributed by atoms with E-state index in [-0.39, 0.29) is 25.6 Å². The number of ether oxygens (including phenoxy) is 3. The molecule has 1 N–H and O–H groups in total. The maximum Gasteiger partial charge on any atom is 0.335 e. The lowest BCUT2D eigenvalue weighted by Gasteiger charge is -2.15. The number of nitrogens with one attached hydrogen (secondary N) is 1. The van der Waals surface area contributed by atoms with Crippen LogP contribution < -0.4 is 4.72 Å². The summed E-state index contributed by atoms with van der Waals surface area (Å²) >= 11 is 0. The van der Waals surface area contributed by atoms with Crippen molar-refractivity contribution < 1.29 is 32.2 Å². The molecular weight excluding hydrogens is 278 g/mol. The first-order chi connectivity index (χ1) is 8.87. The largest absolute Gasteiger partial charge is 0.464 e. The molecule has 0 spiro atoms. The molecule has 0 aromatic carbocycles. The van der Waals surface area contributed by atoms with Gasteiger partial charge in [0.2, 0.25) is 16.1 Å². The van der Waals surface area contributed by atoms with Crippen molar-refractivity contribution in [3.63, 3.8) is 0 Å². The van der Waals surface area contributed by atoms with E-state index in [1.54, 1.807) is 13.8 Å². The van der Waals surface area contributed by atoms with E-state index in [2.05, 4.69) is 14.2 Å². The molecule has 0 aliphatic heterocycles. The van der Waals surface area contributed by atoms with Crippen molar-refractivity contribution in [2.45, 2.75) is 19.9 Å². The van der Waals surface area contributed by atoms with Crippen LogP contribution in [0.3, 0.4) is 0 Å². The first kappa shape index (κ1) is 17.8. The van der Waals surface area contributed by atoms with Gasteiger partial charge in [0.1, 0.15) is 0 Å². The Labute approximate surface area is 112 Å². The van der Waals surface area contributed by atoms with Gasteiger partial charge in [-0.15, -0.1) is 0 Å². The Balaban J connectivity index is 4.84. The molecule has 0 amide bonds. The second kappa shape index (κ2) is 8.83. The van der Waals surface area contributed by atoms with Crippen molar-refractivity contribution in [2.75, 3.05) is 32.7 Å². The fourth-order valence-electron chi connectivity index (χ4n) is 1.08. The van der Waals surface area contributed by atoms with Gasteiger partial charge in [0.05, 0.1) is 25.6 Å². The van der Waals surface area contributed by atoms with Crippen LogP contribution in [0.15, 0.2) is 0 Å². The second-order valence-electron chi connectivity index (χ2n) is 3.37. The zero-order chi connectivity index (χ0) is 14.9. The van der Waals surface area contributed by atoms with Gasteiger partial charge in [-0.05, 0) is 13.8 Å². The summed E-state index contributed by atoms with van der Waals surface area (Å²) < 4.78 is 39.0. The highest BCUT2D eigenvalue weighted by molar-refractivity contribution is 7.89. The standard InChI is InChI=1S/C10H19NO7S/c1-4-17-9(12)8(10(13)18-5-2)11-19(14,15)7-6-16-3/h8,11H,4-7H2,1-3H3. The minimum Gasteiger partial charge on any atom is -0.464 e. The number of sulfonamides is 1. The Morgan fingerprint density at radius 2 is 1.58 bits per heavy atom. The fourth-order valence-corrected chi connectivity index (χ4v) is 2.13. The van der Waals surface area contributed by atoms with Gasteiger partial charge in [-0.3, -0.25) is 0 Å². The molecule has 9 heteroatoms. The molecule has 0 aromatic heterocycles. The zero-order valence-electron chi connectivity index (χ0n) is 11.2. The maximum absolute atomic E-state index is 11.6. The Morgan fingerprint density at radius 1 is 1.11 bits per heavy atom. The number of rotatable bonds is 9. The van der Waals surface area contributed by atoms with Gasteiger partial charge < -0.3 is 14.2 Å². The van der Waals surface area contributed by atoms with Crippen molar-refractivity contribution in [3.8, 4) is 0 Å². The summed E-state index contributed by atoms with van der Waals surface area (Å²) in [6.07, 6.45) is 0. The second-order valence-corrected chi connectivity index (χ2v) is 5.24. The van der Waals surface area contributed by atoms with Crippen LogP contribution in [-0.4, -0.2) is 59.1 Å². The predicted octanol–water partition coefficient (Wildman–Crippen LogP) is -0.953. The lowest BCUT2D eigenvalue weighted by atomic mass is 10.3. The lowest BCUT2D eigenvalue weighted by Crippen LogP contribution is -2.49. The molecule has 0 aliphatic carbocycles. The molecule has 0 unspecified atom stereocenters. The van der Waals surface area contributed by atoms with Gasteiger partial charge in [-0.1, -0.05) is 0 Å². The third kappa shape index (κ3) is 7.09. The molecule has 0 aliphatic rings. The predicted molar refractivity (Wildman–Crippen MR) is 65.9 cm³/mol. The van der Waals surface area contributed by atoms with Crippen LogP contribution in [0, 0.1) is 0 Å². The summed E-state index contributed by atoms with van der Waals surface area (Å²) in [6.45, 7) is 3.07. The monoisotopic (exact) mass is 297 g/mol. The summed E-state index contributed by atoms with van der Waals surface area (Å²) in [6, 6.07) is -1.69. The summed E-state index contributed by atoms with van der Waals surface area (Å²) in [5.41, 5.74) is 0. The van der Waals surface area contributed by atoms with Gasteiger partial charge in [-0.25, -0.2) is 18.0 Å². The van der Waals surface area contributed by atoms with Gasteiger partial charge in [0.25, 0.3) is 0 Å². The normalized spacial score (nSPS) is 11.4. The number of hydrogen-bond donors (Lipinski definition) is 1. The minimum absolute atomic E-state index is 0.0224. The molecule has 0 rings (SSSR count). The van der Waals surface area contributed by atoms with Crippen molar-refractivity contribution in [2.24, 2.45) is 0 Å². The number of hydrogen-bond acceptors (Lipinski definition) is 7. The highest BCUT2D eigenvalue weighted by atomic mass is 32.2. The topological polar surface area (TPSA) is 108 Å². The molecule has 0 atom stereocenters. The smallest absolute Gasteiger partial charge is 0.335 e. The maximum atomic E-state index is 11.6. The number of esters is 2. The molecule has 0 radical (unpaired) electrons. The Hall–Kier alpha value is -1.19. The highest BCUT2D eigenvalue weighted by Gasteiger charge is 2.33. The van der Waals surface area contributed by atoms with E-state index in [1.807, 2.05) is 4.72 Å². The van der Waals surface area contributed by atoms with E-state index in [1.165, 1.54) is 7.11 Å². The van der Waals surface area contributed by atoms with E-state index in [4.69, 9.17) is 0 Å². The van der Waals surface area contributed by atoms with Gasteiger partial charge >= 0.3 is 11.9 Å². The van der Waals surface area contributed by atoms with Gasteiger partial charge in [0, 0.05) is 7.11 Å². The first-order valence-corrected chi connectivity index (χ1v) is 7.35. The quantitative estimate of drug-likeness (QED) is 0.431. The minimum atomic E-state index is -3.85. The lowest BCUT2D eigenvalue weighted by molar-refractivity contribution is -0.157. The molecule has 0 fully saturated rings. The van der Waals surface area contributed by atoms with Crippen molar-refractivity contribution in [1.29, 1.82) is 0 Å². The van der Waals surface area contributed by atoms with E-state index in [9.17, 15) is 18.0 Å². The van der Waals surface area contributed by atoms with E-state index >= 15 is 0 Å². The van der Waals surface area contributed by atoms with Crippen molar-refractivity contribution >= 4 is 22.0 Å². The molecule has 0 saturated heterocycles. The van der Waals surface area contributed by atoms with E-state index in [0.717, 1.165) is 0 Å². The summed E-state index contributed by atoms with van der Waals surface area (Å²) in [5, 5.41) is 0. The van der Waals surface area contributed by atoms with Crippen molar-refractivity contribution in [3.05, 3.63) is 0 Å². The van der Waals surface area contributed by atoms with Crippen molar-refractivity contribution in [1.82, 2.24) is 4.72 Å². The molecule has 0 saturated carbocycles. The molecule has 8 nitrogen and oxygen atoms in total. The average molecular weight is 297 g/mol. The summed E-state index contributed by atoms with van der Waals surface area (Å²) in [5.74, 6) is -2.37. The highest BCUT2D eigenvalue weighted by Crippen LogP contribution is 1.98. The number of carbonyl (C=O) groups is 2. The molecule has 0 heterocycles. The number of carbonyl (C=O) groups excluding carboxylic acids is 2. The van der Waals surface area contributed by atoms with Gasteiger partial charge in [-0.2, -0.15) is 4.72 Å². The summed E-state index contributed by atoms with van der Waals surface area (Å²) in [7, 11) is -2.51. The van der Waals surface area contributed by atoms with Crippen LogP contribution >= 0.6 is 0 Å². The van der Waals surface area contributed by atoms with Crippen LogP contribution in [-0.2, 0) is 33.8 Å². The summed E-state index contributed by atoms with van der Waals surface area (Å²) in [4.78, 5) is 23.1. The van der Waals surface area contributed by atoms with Crippen LogP contribution in [0.25, 0.3) is 0 Å². The number of methoxy groups -OCH3 is 1. The van der Waals surface area contributed by atoms with Crippen LogP contribution in [0.5, 0.6) is 0 Å². The van der Waals surface area contributed by atoms with Gasteiger partial charge in [0.15, 0.2) is 0 Å². The third-order valence-corrected chi connectivity index (χ3v) is 3.20. The average Bonchev–Trinajstić information content (AvgIpc) is 2.34. The Bertz CT molecular complexity index is 375. The Morgan fingerprint density at radius 3 is 1.95 bits per heavy atom. The molecule has 0 bridgehead atoms. The third-order valence-electron chi connectivity index (χ3n) is 1.90. The first-order valence-electron chi connectivity index (χ1n) is 5.70. The molecule has 19 heavy (non-hydrogen) atoms. The fraction of sp³-hybridized carbons (Fsp3) is 0.800. The SMILES string of the molecule is CCOC(=O)C(NS(=O)(=O)CCOC)C(=O)OCC. The van der Waals surface area contributed by atoms with Crippen LogP contribution in [0.4, 0.5) is 0 Å². The Kier molecular flexibility index (Phi) is 8.28. The van der Waals surface area contributed by atoms with E-state index in [0.29, 0.717) is 0 Å². The van der Waals surface area contributed by atoms with Crippen LogP contribution in [0.1, 0.15) is 13.8 Å².